The number of hydrogen-bond acceptors (Lipinski definition) is 5. The van der Waals surface area contributed by atoms with Gasteiger partial charge in [-0.25, -0.2) is 0 Å². The summed E-state index contributed by atoms with van der Waals surface area (Å²) in [6, 6.07) is 12.3. The van der Waals surface area contributed by atoms with E-state index in [1.54, 1.807) is 24.3 Å². The molecule has 0 bridgehead atoms. The molecular formula is C19H17N2O5-. The second kappa shape index (κ2) is 7.79. The van der Waals surface area contributed by atoms with Crippen LogP contribution in [0.25, 0.3) is 0 Å². The zero-order chi connectivity index (χ0) is 18.5. The molecule has 0 spiro atoms. The fourth-order valence-corrected chi connectivity index (χ4v) is 2.67. The Labute approximate surface area is 150 Å². The van der Waals surface area contributed by atoms with Crippen LogP contribution in [-0.4, -0.2) is 30.5 Å². The van der Waals surface area contributed by atoms with Gasteiger partial charge in [-0.15, -0.1) is 0 Å². The van der Waals surface area contributed by atoms with Gasteiger partial charge in [0.05, 0.1) is 5.97 Å². The van der Waals surface area contributed by atoms with Gasteiger partial charge in [0.15, 0.2) is 0 Å². The summed E-state index contributed by atoms with van der Waals surface area (Å²) in [5, 5.41) is 16.3. The lowest BCUT2D eigenvalue weighted by atomic mass is 10.1. The number of carbonyl (C=O) groups excluding carboxylic acids is 3. The van der Waals surface area contributed by atoms with Crippen molar-refractivity contribution >= 4 is 29.2 Å². The van der Waals surface area contributed by atoms with Crippen LogP contribution in [0, 0.1) is 0 Å². The molecule has 2 amide bonds. The third-order valence-corrected chi connectivity index (χ3v) is 3.97. The van der Waals surface area contributed by atoms with Crippen LogP contribution in [-0.2, 0) is 9.53 Å². The van der Waals surface area contributed by atoms with E-state index in [4.69, 9.17) is 4.74 Å². The Morgan fingerprint density at radius 1 is 0.962 bits per heavy atom. The summed E-state index contributed by atoms with van der Waals surface area (Å²) in [6.45, 7) is 0.582. The number of amides is 2. The first kappa shape index (κ1) is 17.6. The second-order valence-electron chi connectivity index (χ2n) is 5.89. The smallest absolute Gasteiger partial charge is 0.255 e. The first-order valence-electron chi connectivity index (χ1n) is 8.18. The Bertz CT molecular complexity index is 843. The largest absolute Gasteiger partial charge is 0.545 e. The van der Waals surface area contributed by atoms with Crippen LogP contribution in [0.1, 0.15) is 33.6 Å². The van der Waals surface area contributed by atoms with Crippen molar-refractivity contribution in [2.24, 2.45) is 0 Å². The summed E-state index contributed by atoms with van der Waals surface area (Å²) < 4.78 is 5.34. The molecule has 0 aromatic heterocycles. The average Bonchev–Trinajstić information content (AvgIpc) is 3.17. The van der Waals surface area contributed by atoms with Crippen molar-refractivity contribution in [1.29, 1.82) is 0 Å². The highest BCUT2D eigenvalue weighted by Crippen LogP contribution is 2.19. The molecule has 1 aliphatic rings. The van der Waals surface area contributed by atoms with E-state index in [1.807, 2.05) is 0 Å². The van der Waals surface area contributed by atoms with Crippen molar-refractivity contribution in [1.82, 2.24) is 0 Å². The topological polar surface area (TPSA) is 108 Å². The van der Waals surface area contributed by atoms with Crippen LogP contribution >= 0.6 is 0 Å². The molecule has 2 aromatic rings. The van der Waals surface area contributed by atoms with Gasteiger partial charge in [0, 0.05) is 23.5 Å². The quantitative estimate of drug-likeness (QED) is 0.845. The van der Waals surface area contributed by atoms with Crippen molar-refractivity contribution in [2.75, 3.05) is 17.2 Å². The van der Waals surface area contributed by atoms with Gasteiger partial charge in [-0.3, -0.25) is 9.59 Å². The van der Waals surface area contributed by atoms with Gasteiger partial charge >= 0.3 is 0 Å². The lowest BCUT2D eigenvalue weighted by Crippen LogP contribution is -2.26. The van der Waals surface area contributed by atoms with Crippen molar-refractivity contribution < 1.29 is 24.2 Å². The minimum absolute atomic E-state index is 0.0739. The number of ether oxygens (including phenoxy) is 1. The molecule has 1 atom stereocenters. The molecule has 7 nitrogen and oxygen atoms in total. The first-order valence-corrected chi connectivity index (χ1v) is 8.18. The minimum atomic E-state index is -1.35. The van der Waals surface area contributed by atoms with Gasteiger partial charge in [0.1, 0.15) is 6.10 Å². The molecule has 1 aliphatic heterocycles. The van der Waals surface area contributed by atoms with E-state index in [-0.39, 0.29) is 17.0 Å². The zero-order valence-corrected chi connectivity index (χ0v) is 13.9. The number of nitrogens with one attached hydrogen (secondary N) is 2. The highest BCUT2D eigenvalue weighted by atomic mass is 16.5. The molecule has 0 saturated carbocycles. The molecule has 0 radical (unpaired) electrons. The maximum atomic E-state index is 12.3. The van der Waals surface area contributed by atoms with Crippen LogP contribution in [0.4, 0.5) is 11.4 Å². The SMILES string of the molecule is O=C([O-])c1cccc(C(=O)Nc2cccc(NC(=O)[C@H]3CCCO3)c2)c1. The molecule has 2 N–H and O–H groups in total. The van der Waals surface area contributed by atoms with E-state index >= 15 is 0 Å². The molecule has 26 heavy (non-hydrogen) atoms. The van der Waals surface area contributed by atoms with Gasteiger partial charge in [-0.05, 0) is 48.7 Å². The Kier molecular flexibility index (Phi) is 5.28. The Morgan fingerprint density at radius 3 is 2.35 bits per heavy atom. The Balaban J connectivity index is 1.68. The standard InChI is InChI=1S/C19H18N2O5/c22-17(12-4-1-5-13(10-12)19(24)25)20-14-6-2-7-15(11-14)21-18(23)16-8-3-9-26-16/h1-2,4-7,10-11,16H,3,8-9H2,(H,20,22)(H,21,23)(H,24,25)/p-1/t16-/m1/s1. The number of carbonyl (C=O) groups is 3. The third-order valence-electron chi connectivity index (χ3n) is 3.97. The third kappa shape index (κ3) is 4.25. The Hall–Kier alpha value is -3.19. The minimum Gasteiger partial charge on any atom is -0.545 e. The van der Waals surface area contributed by atoms with E-state index in [2.05, 4.69) is 10.6 Å². The van der Waals surface area contributed by atoms with Crippen LogP contribution < -0.4 is 15.7 Å². The second-order valence-corrected chi connectivity index (χ2v) is 5.89. The van der Waals surface area contributed by atoms with Crippen LogP contribution in [0.2, 0.25) is 0 Å². The van der Waals surface area contributed by atoms with Crippen LogP contribution in [0.3, 0.4) is 0 Å². The van der Waals surface area contributed by atoms with Crippen molar-refractivity contribution in [3.8, 4) is 0 Å². The number of anilines is 2. The normalized spacial score (nSPS) is 16.1. The number of carboxylic acid groups (broad SMARTS) is 1. The number of aromatic carboxylic acids is 1. The van der Waals surface area contributed by atoms with E-state index in [0.717, 1.165) is 6.42 Å². The van der Waals surface area contributed by atoms with Gasteiger partial charge < -0.3 is 25.3 Å². The number of benzene rings is 2. The molecule has 2 aromatic carbocycles. The summed E-state index contributed by atoms with van der Waals surface area (Å²) in [7, 11) is 0. The zero-order valence-electron chi connectivity index (χ0n) is 13.9. The van der Waals surface area contributed by atoms with Crippen molar-refractivity contribution in [3.05, 3.63) is 59.7 Å². The van der Waals surface area contributed by atoms with Gasteiger partial charge in [-0.2, -0.15) is 0 Å². The molecule has 134 valence electrons. The van der Waals surface area contributed by atoms with Gasteiger partial charge in [0.2, 0.25) is 0 Å². The number of rotatable bonds is 5. The van der Waals surface area contributed by atoms with Crippen LogP contribution in [0.5, 0.6) is 0 Å². The predicted octanol–water partition coefficient (Wildman–Crippen LogP) is 1.42. The van der Waals surface area contributed by atoms with E-state index < -0.39 is 18.0 Å². The molecule has 0 aliphatic carbocycles. The molecule has 1 heterocycles. The fraction of sp³-hybridized carbons (Fsp3) is 0.211. The summed E-state index contributed by atoms with van der Waals surface area (Å²) in [6.07, 6.45) is 1.11. The summed E-state index contributed by atoms with van der Waals surface area (Å²) in [5.41, 5.74) is 1.13. The fourth-order valence-electron chi connectivity index (χ4n) is 2.67. The predicted molar refractivity (Wildman–Crippen MR) is 92.8 cm³/mol. The molecule has 7 heteroatoms. The van der Waals surface area contributed by atoms with Crippen molar-refractivity contribution in [2.45, 2.75) is 18.9 Å². The van der Waals surface area contributed by atoms with Gasteiger partial charge in [0.25, 0.3) is 11.8 Å². The number of carboxylic acids is 1. The highest BCUT2D eigenvalue weighted by molar-refractivity contribution is 6.06. The maximum Gasteiger partial charge on any atom is 0.255 e. The van der Waals surface area contributed by atoms with E-state index in [1.165, 1.54) is 24.3 Å². The lowest BCUT2D eigenvalue weighted by Gasteiger charge is -2.12. The molecule has 0 unspecified atom stereocenters. The summed E-state index contributed by atoms with van der Waals surface area (Å²) in [4.78, 5) is 35.3. The average molecular weight is 353 g/mol. The number of hydrogen-bond donors (Lipinski definition) is 2. The van der Waals surface area contributed by atoms with Crippen molar-refractivity contribution in [3.63, 3.8) is 0 Å². The summed E-state index contributed by atoms with van der Waals surface area (Å²) >= 11 is 0. The molecule has 3 rings (SSSR count). The van der Waals surface area contributed by atoms with E-state index in [9.17, 15) is 19.5 Å². The Morgan fingerprint density at radius 2 is 1.65 bits per heavy atom. The monoisotopic (exact) mass is 353 g/mol. The van der Waals surface area contributed by atoms with Gasteiger partial charge in [-0.1, -0.05) is 18.2 Å². The first-order chi connectivity index (χ1) is 12.5. The molecular weight excluding hydrogens is 336 g/mol. The lowest BCUT2D eigenvalue weighted by molar-refractivity contribution is -0.255. The summed E-state index contributed by atoms with van der Waals surface area (Å²) in [5.74, 6) is -2.03. The maximum absolute atomic E-state index is 12.3. The van der Waals surface area contributed by atoms with Crippen LogP contribution in [0.15, 0.2) is 48.5 Å². The van der Waals surface area contributed by atoms with E-state index in [0.29, 0.717) is 24.4 Å². The molecule has 1 saturated heterocycles. The highest BCUT2D eigenvalue weighted by Gasteiger charge is 2.23. The molecule has 1 fully saturated rings.